The zero-order valence-corrected chi connectivity index (χ0v) is 14.7. The monoisotopic (exact) mass is 358 g/mol. The smallest absolute Gasteiger partial charge is 0.261 e. The van der Waals surface area contributed by atoms with Gasteiger partial charge in [0.15, 0.2) is 5.13 Å². The Kier molecular flexibility index (Phi) is 4.83. The van der Waals surface area contributed by atoms with Crippen LogP contribution in [0, 0.1) is 6.92 Å². The van der Waals surface area contributed by atoms with Crippen molar-refractivity contribution in [1.29, 1.82) is 0 Å². The van der Waals surface area contributed by atoms with E-state index >= 15 is 0 Å². The molecule has 6 heteroatoms. The predicted molar refractivity (Wildman–Crippen MR) is 98.2 cm³/mol. The summed E-state index contributed by atoms with van der Waals surface area (Å²) in [5, 5.41) is 4.06. The molecule has 1 aromatic heterocycles. The van der Waals surface area contributed by atoms with E-state index in [2.05, 4.69) is 10.3 Å². The summed E-state index contributed by atoms with van der Waals surface area (Å²) in [6.45, 7) is 1.97. The van der Waals surface area contributed by atoms with Gasteiger partial charge >= 0.3 is 0 Å². The highest BCUT2D eigenvalue weighted by Crippen LogP contribution is 2.31. The number of thiazole rings is 1. The number of carbonyl (C=O) groups is 1. The normalized spacial score (nSPS) is 10.5. The lowest BCUT2D eigenvalue weighted by Crippen LogP contribution is -2.12. The molecule has 0 aliphatic heterocycles. The number of para-hydroxylation sites is 1. The van der Waals surface area contributed by atoms with E-state index in [0.29, 0.717) is 21.5 Å². The van der Waals surface area contributed by atoms with Crippen molar-refractivity contribution < 1.29 is 9.53 Å². The largest absolute Gasteiger partial charge is 0.496 e. The van der Waals surface area contributed by atoms with E-state index in [1.165, 1.54) is 18.4 Å². The van der Waals surface area contributed by atoms with Crippen molar-refractivity contribution in [3.63, 3.8) is 0 Å². The second-order valence-corrected chi connectivity index (χ2v) is 6.72. The zero-order valence-electron chi connectivity index (χ0n) is 13.2. The van der Waals surface area contributed by atoms with Gasteiger partial charge in [-0.15, -0.1) is 11.3 Å². The van der Waals surface area contributed by atoms with Crippen LogP contribution in [0.25, 0.3) is 11.3 Å². The summed E-state index contributed by atoms with van der Waals surface area (Å²) in [7, 11) is 1.54. The first-order chi connectivity index (χ1) is 11.6. The van der Waals surface area contributed by atoms with Crippen LogP contribution in [-0.4, -0.2) is 18.0 Å². The van der Waals surface area contributed by atoms with Gasteiger partial charge in [-0.05, 0) is 31.2 Å². The van der Waals surface area contributed by atoms with Crippen molar-refractivity contribution in [1.82, 2.24) is 4.98 Å². The van der Waals surface area contributed by atoms with Gasteiger partial charge in [-0.1, -0.05) is 35.9 Å². The molecule has 24 heavy (non-hydrogen) atoms. The third-order valence-corrected chi connectivity index (χ3v) is 4.62. The summed E-state index contributed by atoms with van der Waals surface area (Å²) in [5.74, 6) is 0.282. The van der Waals surface area contributed by atoms with Crippen molar-refractivity contribution in [3.8, 4) is 17.0 Å². The molecule has 0 unspecified atom stereocenters. The minimum atomic E-state index is -0.246. The molecule has 4 nitrogen and oxygen atoms in total. The van der Waals surface area contributed by atoms with E-state index in [1.807, 2.05) is 37.3 Å². The molecule has 1 N–H and O–H groups in total. The highest BCUT2D eigenvalue weighted by Gasteiger charge is 2.15. The van der Waals surface area contributed by atoms with E-state index in [1.54, 1.807) is 18.2 Å². The zero-order chi connectivity index (χ0) is 17.1. The number of nitrogens with one attached hydrogen (secondary N) is 1. The molecule has 0 aliphatic rings. The Morgan fingerprint density at radius 1 is 1.17 bits per heavy atom. The summed E-state index contributed by atoms with van der Waals surface area (Å²) in [4.78, 5) is 18.0. The van der Waals surface area contributed by atoms with Gasteiger partial charge in [0.2, 0.25) is 0 Å². The van der Waals surface area contributed by atoms with E-state index < -0.39 is 0 Å². The van der Waals surface area contributed by atoms with E-state index in [0.717, 1.165) is 16.1 Å². The maximum absolute atomic E-state index is 12.5. The first kappa shape index (κ1) is 16.5. The lowest BCUT2D eigenvalue weighted by atomic mass is 10.1. The van der Waals surface area contributed by atoms with Crippen LogP contribution >= 0.6 is 22.9 Å². The Hall–Kier alpha value is -2.37. The minimum Gasteiger partial charge on any atom is -0.496 e. The van der Waals surface area contributed by atoms with E-state index in [4.69, 9.17) is 16.3 Å². The fourth-order valence-corrected chi connectivity index (χ4v) is 3.28. The number of methoxy groups -OCH3 is 1. The Balaban J connectivity index is 1.85. The number of ether oxygens (including phenoxy) is 1. The number of aromatic nitrogens is 1. The molecule has 0 saturated heterocycles. The van der Waals surface area contributed by atoms with Gasteiger partial charge in [-0.25, -0.2) is 4.98 Å². The molecule has 0 atom stereocenters. The molecule has 3 rings (SSSR count). The number of benzene rings is 2. The predicted octanol–water partition coefficient (Wildman–Crippen LogP) is 5.03. The van der Waals surface area contributed by atoms with Gasteiger partial charge in [0.25, 0.3) is 5.91 Å². The summed E-state index contributed by atoms with van der Waals surface area (Å²) >= 11 is 7.36. The Bertz CT molecular complexity index is 875. The summed E-state index contributed by atoms with van der Waals surface area (Å²) < 4.78 is 5.22. The van der Waals surface area contributed by atoms with Crippen molar-refractivity contribution in [2.75, 3.05) is 12.4 Å². The van der Waals surface area contributed by atoms with Crippen LogP contribution in [-0.2, 0) is 0 Å². The third kappa shape index (κ3) is 3.42. The fraction of sp³-hybridized carbons (Fsp3) is 0.111. The number of hydrogen-bond donors (Lipinski definition) is 1. The van der Waals surface area contributed by atoms with Crippen molar-refractivity contribution in [2.24, 2.45) is 0 Å². The van der Waals surface area contributed by atoms with Gasteiger partial charge in [0, 0.05) is 15.5 Å². The van der Waals surface area contributed by atoms with Crippen LogP contribution in [0.1, 0.15) is 15.2 Å². The van der Waals surface area contributed by atoms with Crippen LogP contribution in [0.4, 0.5) is 5.13 Å². The molecule has 122 valence electrons. The standard InChI is InChI=1S/C18H15ClN2O2S/c1-11-16(12-7-9-13(19)10-8-12)20-18(24-11)21-17(22)14-5-3-4-6-15(14)23-2/h3-10H,1-2H3,(H,20,21,22). The molecule has 0 aliphatic carbocycles. The lowest BCUT2D eigenvalue weighted by molar-refractivity contribution is 0.102. The highest BCUT2D eigenvalue weighted by molar-refractivity contribution is 7.16. The van der Waals surface area contributed by atoms with Gasteiger partial charge in [-0.2, -0.15) is 0 Å². The molecule has 1 heterocycles. The molecule has 0 radical (unpaired) electrons. The van der Waals surface area contributed by atoms with Crippen molar-refractivity contribution >= 4 is 34.0 Å². The van der Waals surface area contributed by atoms with Crippen LogP contribution in [0.5, 0.6) is 5.75 Å². The Labute approximate surface area is 149 Å². The molecule has 0 fully saturated rings. The molecule has 2 aromatic carbocycles. The molecule has 1 amide bonds. The van der Waals surface area contributed by atoms with Crippen LogP contribution < -0.4 is 10.1 Å². The number of halogens is 1. The minimum absolute atomic E-state index is 0.246. The molecule has 0 saturated carbocycles. The van der Waals surface area contributed by atoms with E-state index in [-0.39, 0.29) is 5.91 Å². The van der Waals surface area contributed by atoms with Crippen LogP contribution in [0.15, 0.2) is 48.5 Å². The molecule has 3 aromatic rings. The fourth-order valence-electron chi connectivity index (χ4n) is 2.32. The summed E-state index contributed by atoms with van der Waals surface area (Å²) in [6, 6.07) is 14.6. The second-order valence-electron chi connectivity index (χ2n) is 5.09. The maximum Gasteiger partial charge on any atom is 0.261 e. The van der Waals surface area contributed by atoms with Gasteiger partial charge in [-0.3, -0.25) is 10.1 Å². The van der Waals surface area contributed by atoms with Crippen molar-refractivity contribution in [2.45, 2.75) is 6.92 Å². The van der Waals surface area contributed by atoms with Crippen LogP contribution in [0.3, 0.4) is 0 Å². The highest BCUT2D eigenvalue weighted by atomic mass is 35.5. The number of nitrogens with zero attached hydrogens (tertiary/aromatic N) is 1. The molecular formula is C18H15ClN2O2S. The van der Waals surface area contributed by atoms with Crippen molar-refractivity contribution in [3.05, 3.63) is 64.0 Å². The summed E-state index contributed by atoms with van der Waals surface area (Å²) in [6.07, 6.45) is 0. The Morgan fingerprint density at radius 2 is 1.88 bits per heavy atom. The molecule has 0 bridgehead atoms. The molecular weight excluding hydrogens is 344 g/mol. The number of anilines is 1. The SMILES string of the molecule is COc1ccccc1C(=O)Nc1nc(-c2ccc(Cl)cc2)c(C)s1. The van der Waals surface area contributed by atoms with Gasteiger partial charge in [0.05, 0.1) is 18.4 Å². The quantitative estimate of drug-likeness (QED) is 0.711. The lowest BCUT2D eigenvalue weighted by Gasteiger charge is -2.07. The number of hydrogen-bond acceptors (Lipinski definition) is 4. The topological polar surface area (TPSA) is 51.2 Å². The first-order valence-electron chi connectivity index (χ1n) is 7.26. The van der Waals surface area contributed by atoms with Gasteiger partial charge in [0.1, 0.15) is 5.75 Å². The van der Waals surface area contributed by atoms with E-state index in [9.17, 15) is 4.79 Å². The number of aryl methyl sites for hydroxylation is 1. The third-order valence-electron chi connectivity index (χ3n) is 3.49. The average Bonchev–Trinajstić information content (AvgIpc) is 2.95. The average molecular weight is 359 g/mol. The van der Waals surface area contributed by atoms with Gasteiger partial charge < -0.3 is 4.74 Å². The van der Waals surface area contributed by atoms with Crippen LogP contribution in [0.2, 0.25) is 5.02 Å². The first-order valence-corrected chi connectivity index (χ1v) is 8.45. The molecule has 0 spiro atoms. The Morgan fingerprint density at radius 3 is 2.58 bits per heavy atom. The number of carbonyl (C=O) groups excluding carboxylic acids is 1. The number of amides is 1. The second kappa shape index (κ2) is 7.03. The summed E-state index contributed by atoms with van der Waals surface area (Å²) in [5.41, 5.74) is 2.28. The number of rotatable bonds is 4. The maximum atomic E-state index is 12.5.